The number of aliphatic hydroxyl groups excluding tert-OH is 1. The molecular weight excluding hydrogens is 276 g/mol. The smallest absolute Gasteiger partial charge is 0.230 e. The highest BCUT2D eigenvalue weighted by molar-refractivity contribution is 7.99. The van der Waals surface area contributed by atoms with Crippen molar-refractivity contribution in [3.63, 3.8) is 0 Å². The maximum absolute atomic E-state index is 11.8. The second kappa shape index (κ2) is 6.13. The third-order valence-corrected chi connectivity index (χ3v) is 4.95. The first-order valence-electron chi connectivity index (χ1n) is 7.21. The Morgan fingerprint density at radius 1 is 1.45 bits per heavy atom. The minimum absolute atomic E-state index is 0.000512. The number of nitrogens with zero attached hydrogens (tertiary/aromatic N) is 3. The molecule has 2 saturated carbocycles. The summed E-state index contributed by atoms with van der Waals surface area (Å²) in [5, 5.41) is 21.4. The molecule has 110 valence electrons. The monoisotopic (exact) mass is 296 g/mol. The normalized spacial score (nSPS) is 25.9. The van der Waals surface area contributed by atoms with Crippen LogP contribution >= 0.6 is 11.8 Å². The van der Waals surface area contributed by atoms with Gasteiger partial charge in [-0.1, -0.05) is 18.2 Å². The molecule has 7 heteroatoms. The Balaban J connectivity index is 1.41. The van der Waals surface area contributed by atoms with Gasteiger partial charge in [-0.3, -0.25) is 4.79 Å². The van der Waals surface area contributed by atoms with Gasteiger partial charge in [-0.2, -0.15) is 0 Å². The van der Waals surface area contributed by atoms with Crippen LogP contribution in [-0.2, 0) is 4.79 Å². The maximum atomic E-state index is 11.8. The van der Waals surface area contributed by atoms with E-state index < -0.39 is 0 Å². The van der Waals surface area contributed by atoms with Crippen molar-refractivity contribution in [1.29, 1.82) is 0 Å². The molecule has 6 nitrogen and oxygen atoms in total. The lowest BCUT2D eigenvalue weighted by Crippen LogP contribution is -2.33. The Labute approximate surface area is 122 Å². The second-order valence-corrected chi connectivity index (χ2v) is 6.55. The van der Waals surface area contributed by atoms with Crippen molar-refractivity contribution < 1.29 is 9.90 Å². The number of thioether (sulfide) groups is 1. The molecular formula is C13H20N4O2S. The van der Waals surface area contributed by atoms with Gasteiger partial charge in [0, 0.05) is 18.5 Å². The molecule has 0 spiro atoms. The van der Waals surface area contributed by atoms with E-state index in [1.807, 2.05) is 0 Å². The number of rotatable bonds is 6. The summed E-state index contributed by atoms with van der Waals surface area (Å²) in [5.74, 6) is 0.576. The Morgan fingerprint density at radius 3 is 3.00 bits per heavy atom. The maximum Gasteiger partial charge on any atom is 0.230 e. The molecule has 2 aliphatic carbocycles. The van der Waals surface area contributed by atoms with Crippen molar-refractivity contribution in [3.8, 4) is 0 Å². The van der Waals surface area contributed by atoms with Gasteiger partial charge >= 0.3 is 0 Å². The van der Waals surface area contributed by atoms with Gasteiger partial charge in [-0.15, -0.1) is 10.2 Å². The lowest BCUT2D eigenvalue weighted by molar-refractivity contribution is -0.118. The SMILES string of the molecule is O=C(CSc1nncn1C1CC1)NCC1CCCC1O. The van der Waals surface area contributed by atoms with Crippen LogP contribution < -0.4 is 5.32 Å². The van der Waals surface area contributed by atoms with Crippen LogP contribution in [0.5, 0.6) is 0 Å². The third kappa shape index (κ3) is 3.32. The van der Waals surface area contributed by atoms with Crippen molar-refractivity contribution >= 4 is 17.7 Å². The average Bonchev–Trinajstić information content (AvgIpc) is 3.04. The lowest BCUT2D eigenvalue weighted by Gasteiger charge is -2.14. The predicted molar refractivity (Wildman–Crippen MR) is 75.4 cm³/mol. The van der Waals surface area contributed by atoms with E-state index in [9.17, 15) is 9.90 Å². The predicted octanol–water partition coefficient (Wildman–Crippen LogP) is 0.982. The standard InChI is InChI=1S/C13H20N4O2S/c18-11-3-1-2-9(11)6-14-12(19)7-20-13-16-15-8-17(13)10-4-5-10/h8-11,18H,1-7H2,(H,14,19). The second-order valence-electron chi connectivity index (χ2n) is 5.60. The summed E-state index contributed by atoms with van der Waals surface area (Å²) in [6, 6.07) is 0.532. The number of carbonyl (C=O) groups is 1. The fourth-order valence-electron chi connectivity index (χ4n) is 2.62. The summed E-state index contributed by atoms with van der Waals surface area (Å²) in [7, 11) is 0. The molecule has 2 atom stereocenters. The van der Waals surface area contributed by atoms with Crippen molar-refractivity contribution in [1.82, 2.24) is 20.1 Å². The molecule has 2 aliphatic rings. The van der Waals surface area contributed by atoms with Crippen LogP contribution in [0.15, 0.2) is 11.5 Å². The van der Waals surface area contributed by atoms with Gasteiger partial charge in [-0.25, -0.2) is 0 Å². The van der Waals surface area contributed by atoms with Crippen LogP contribution in [0.3, 0.4) is 0 Å². The Hall–Kier alpha value is -1.08. The van der Waals surface area contributed by atoms with Crippen molar-refractivity contribution in [2.75, 3.05) is 12.3 Å². The summed E-state index contributed by atoms with van der Waals surface area (Å²) in [5.41, 5.74) is 0. The third-order valence-electron chi connectivity index (χ3n) is 3.99. The number of aliphatic hydroxyl groups is 1. The van der Waals surface area contributed by atoms with Crippen LogP contribution in [0.25, 0.3) is 0 Å². The van der Waals surface area contributed by atoms with Gasteiger partial charge in [0.15, 0.2) is 5.16 Å². The number of amides is 1. The Morgan fingerprint density at radius 2 is 2.30 bits per heavy atom. The summed E-state index contributed by atoms with van der Waals surface area (Å²) in [4.78, 5) is 11.8. The number of hydrogen-bond acceptors (Lipinski definition) is 5. The fourth-order valence-corrected chi connectivity index (χ4v) is 3.43. The fraction of sp³-hybridized carbons (Fsp3) is 0.769. The van der Waals surface area contributed by atoms with Crippen LogP contribution in [0.1, 0.15) is 38.1 Å². The van der Waals surface area contributed by atoms with Gasteiger partial charge in [0.25, 0.3) is 0 Å². The van der Waals surface area contributed by atoms with E-state index >= 15 is 0 Å². The number of nitrogens with one attached hydrogen (secondary N) is 1. The number of aromatic nitrogens is 3. The van der Waals surface area contributed by atoms with E-state index in [4.69, 9.17) is 0 Å². The van der Waals surface area contributed by atoms with Gasteiger partial charge in [0.05, 0.1) is 11.9 Å². The molecule has 2 fully saturated rings. The molecule has 0 radical (unpaired) electrons. The minimum atomic E-state index is -0.249. The Kier molecular flexibility index (Phi) is 4.26. The highest BCUT2D eigenvalue weighted by Crippen LogP contribution is 2.37. The van der Waals surface area contributed by atoms with Gasteiger partial charge in [0.2, 0.25) is 5.91 Å². The van der Waals surface area contributed by atoms with E-state index in [1.165, 1.54) is 24.6 Å². The Bertz CT molecular complexity index is 475. The molecule has 1 heterocycles. The summed E-state index contributed by atoms with van der Waals surface area (Å²) in [6.45, 7) is 0.579. The van der Waals surface area contributed by atoms with Crippen molar-refractivity contribution in [2.45, 2.75) is 49.4 Å². The minimum Gasteiger partial charge on any atom is -0.393 e. The lowest BCUT2D eigenvalue weighted by atomic mass is 10.1. The molecule has 2 unspecified atom stereocenters. The molecule has 1 aromatic heterocycles. The molecule has 1 amide bonds. The quantitative estimate of drug-likeness (QED) is 0.765. The zero-order valence-electron chi connectivity index (χ0n) is 11.4. The zero-order valence-corrected chi connectivity index (χ0v) is 12.2. The first-order valence-corrected chi connectivity index (χ1v) is 8.19. The molecule has 3 rings (SSSR count). The van der Waals surface area contributed by atoms with E-state index in [-0.39, 0.29) is 17.9 Å². The van der Waals surface area contributed by atoms with Gasteiger partial charge in [-0.05, 0) is 25.7 Å². The molecule has 0 aliphatic heterocycles. The molecule has 0 aromatic carbocycles. The van der Waals surface area contributed by atoms with E-state index in [1.54, 1.807) is 6.33 Å². The summed E-state index contributed by atoms with van der Waals surface area (Å²) < 4.78 is 2.05. The van der Waals surface area contributed by atoms with Crippen LogP contribution in [0, 0.1) is 5.92 Å². The van der Waals surface area contributed by atoms with E-state index in [2.05, 4.69) is 20.1 Å². The van der Waals surface area contributed by atoms with Crippen LogP contribution in [0.4, 0.5) is 0 Å². The van der Waals surface area contributed by atoms with Crippen molar-refractivity contribution in [2.24, 2.45) is 5.92 Å². The number of carbonyl (C=O) groups excluding carboxylic acids is 1. The van der Waals surface area contributed by atoms with Crippen LogP contribution in [0.2, 0.25) is 0 Å². The van der Waals surface area contributed by atoms with E-state index in [0.717, 1.165) is 24.4 Å². The summed E-state index contributed by atoms with van der Waals surface area (Å²) in [6.07, 6.45) is 6.77. The largest absolute Gasteiger partial charge is 0.393 e. The van der Waals surface area contributed by atoms with Gasteiger partial charge < -0.3 is 15.0 Å². The molecule has 2 N–H and O–H groups in total. The highest BCUT2D eigenvalue weighted by Gasteiger charge is 2.27. The highest BCUT2D eigenvalue weighted by atomic mass is 32.2. The molecule has 0 bridgehead atoms. The molecule has 1 aromatic rings. The van der Waals surface area contributed by atoms with Crippen molar-refractivity contribution in [3.05, 3.63) is 6.33 Å². The van der Waals surface area contributed by atoms with Gasteiger partial charge in [0.1, 0.15) is 6.33 Å². The van der Waals surface area contributed by atoms with Crippen LogP contribution in [-0.4, -0.2) is 44.2 Å². The average molecular weight is 296 g/mol. The molecule has 20 heavy (non-hydrogen) atoms. The first-order chi connectivity index (χ1) is 9.74. The first kappa shape index (κ1) is 13.9. The zero-order chi connectivity index (χ0) is 13.9. The molecule has 0 saturated heterocycles. The number of hydrogen-bond donors (Lipinski definition) is 2. The summed E-state index contributed by atoms with van der Waals surface area (Å²) >= 11 is 1.43. The topological polar surface area (TPSA) is 80.0 Å². The van der Waals surface area contributed by atoms with E-state index in [0.29, 0.717) is 18.3 Å².